The lowest BCUT2D eigenvalue weighted by atomic mass is 9.88. The van der Waals surface area contributed by atoms with Crippen LogP contribution >= 0.6 is 0 Å². The topological polar surface area (TPSA) is 41.1 Å². The molecule has 0 spiro atoms. The third-order valence-electron chi connectivity index (χ3n) is 4.13. The van der Waals surface area contributed by atoms with Crippen LogP contribution in [0.2, 0.25) is 0 Å². The van der Waals surface area contributed by atoms with Crippen molar-refractivity contribution in [2.45, 2.75) is 45.2 Å². The highest BCUT2D eigenvalue weighted by molar-refractivity contribution is 5.93. The highest BCUT2D eigenvalue weighted by atomic mass is 16.2. The van der Waals surface area contributed by atoms with E-state index in [0.717, 1.165) is 18.5 Å². The van der Waals surface area contributed by atoms with Crippen LogP contribution in [0.4, 0.5) is 5.69 Å². The van der Waals surface area contributed by atoms with Gasteiger partial charge in [0.2, 0.25) is 5.91 Å². The van der Waals surface area contributed by atoms with Gasteiger partial charge in [-0.3, -0.25) is 4.79 Å². The Balaban J connectivity index is 1.70. The van der Waals surface area contributed by atoms with Crippen molar-refractivity contribution in [1.82, 2.24) is 5.32 Å². The third-order valence-corrected chi connectivity index (χ3v) is 4.13. The zero-order valence-electron chi connectivity index (χ0n) is 11.0. The summed E-state index contributed by atoms with van der Waals surface area (Å²) in [6, 6.07) is 7.16. The SMILES string of the molecule is Cc1cc(C)cc(NC(=O)C2CC3CCC2N3)c1. The van der Waals surface area contributed by atoms with E-state index >= 15 is 0 Å². The number of benzene rings is 1. The number of carbonyl (C=O) groups is 1. The lowest BCUT2D eigenvalue weighted by Gasteiger charge is -2.19. The van der Waals surface area contributed by atoms with E-state index in [-0.39, 0.29) is 11.8 Å². The molecule has 3 unspecified atom stereocenters. The molecule has 0 radical (unpaired) electrons. The molecule has 1 aromatic carbocycles. The Labute approximate surface area is 108 Å². The van der Waals surface area contributed by atoms with Crippen LogP contribution in [-0.2, 0) is 4.79 Å². The Morgan fingerprint density at radius 2 is 1.94 bits per heavy atom. The predicted octanol–water partition coefficient (Wildman–Crippen LogP) is 2.38. The number of carbonyl (C=O) groups excluding carboxylic acids is 1. The van der Waals surface area contributed by atoms with Crippen LogP contribution in [0, 0.1) is 19.8 Å². The monoisotopic (exact) mass is 244 g/mol. The van der Waals surface area contributed by atoms with Gasteiger partial charge in [0, 0.05) is 17.8 Å². The van der Waals surface area contributed by atoms with Crippen LogP contribution in [0.25, 0.3) is 0 Å². The Morgan fingerprint density at radius 1 is 1.22 bits per heavy atom. The van der Waals surface area contributed by atoms with Gasteiger partial charge in [-0.2, -0.15) is 0 Å². The van der Waals surface area contributed by atoms with E-state index in [1.807, 2.05) is 12.1 Å². The van der Waals surface area contributed by atoms with Crippen molar-refractivity contribution in [1.29, 1.82) is 0 Å². The summed E-state index contributed by atoms with van der Waals surface area (Å²) in [7, 11) is 0. The average molecular weight is 244 g/mol. The van der Waals surface area contributed by atoms with Gasteiger partial charge in [0.25, 0.3) is 0 Å². The van der Waals surface area contributed by atoms with Gasteiger partial charge in [0.15, 0.2) is 0 Å². The first-order chi connectivity index (χ1) is 8.61. The smallest absolute Gasteiger partial charge is 0.229 e. The van der Waals surface area contributed by atoms with Crippen molar-refractivity contribution in [2.75, 3.05) is 5.32 Å². The molecule has 96 valence electrons. The summed E-state index contributed by atoms with van der Waals surface area (Å²) < 4.78 is 0. The number of nitrogens with one attached hydrogen (secondary N) is 2. The fourth-order valence-electron chi connectivity index (χ4n) is 3.40. The minimum absolute atomic E-state index is 0.157. The quantitative estimate of drug-likeness (QED) is 0.838. The molecule has 2 N–H and O–H groups in total. The summed E-state index contributed by atoms with van der Waals surface area (Å²) in [5.41, 5.74) is 3.31. The summed E-state index contributed by atoms with van der Waals surface area (Å²) >= 11 is 0. The second kappa shape index (κ2) is 4.39. The lowest BCUT2D eigenvalue weighted by Crippen LogP contribution is -2.32. The second-order valence-electron chi connectivity index (χ2n) is 5.76. The first-order valence-electron chi connectivity index (χ1n) is 6.77. The molecule has 2 bridgehead atoms. The average Bonchev–Trinajstić information content (AvgIpc) is 2.88. The van der Waals surface area contributed by atoms with Gasteiger partial charge in [-0.25, -0.2) is 0 Å². The van der Waals surface area contributed by atoms with Crippen molar-refractivity contribution in [2.24, 2.45) is 5.92 Å². The van der Waals surface area contributed by atoms with Crippen molar-refractivity contribution < 1.29 is 4.79 Å². The van der Waals surface area contributed by atoms with Crippen LogP contribution in [0.1, 0.15) is 30.4 Å². The third kappa shape index (κ3) is 2.15. The molecule has 2 fully saturated rings. The number of hydrogen-bond donors (Lipinski definition) is 2. The molecule has 3 heteroatoms. The molecule has 0 saturated carbocycles. The van der Waals surface area contributed by atoms with E-state index in [2.05, 4.69) is 30.5 Å². The van der Waals surface area contributed by atoms with E-state index in [1.165, 1.54) is 17.5 Å². The standard InChI is InChI=1S/C15H20N2O/c1-9-5-10(2)7-12(6-9)17-15(18)13-8-11-3-4-14(13)16-11/h5-7,11,13-14,16H,3-4,8H2,1-2H3,(H,17,18). The van der Waals surface area contributed by atoms with Crippen LogP contribution in [-0.4, -0.2) is 18.0 Å². The zero-order valence-corrected chi connectivity index (χ0v) is 11.0. The fourth-order valence-corrected chi connectivity index (χ4v) is 3.40. The van der Waals surface area contributed by atoms with Crippen molar-refractivity contribution in [3.05, 3.63) is 29.3 Å². The van der Waals surface area contributed by atoms with Gasteiger partial charge in [-0.15, -0.1) is 0 Å². The normalized spacial score (nSPS) is 29.6. The number of fused-ring (bicyclic) bond motifs is 2. The maximum atomic E-state index is 12.3. The van der Waals surface area contributed by atoms with E-state index in [9.17, 15) is 4.79 Å². The minimum Gasteiger partial charge on any atom is -0.326 e. The van der Waals surface area contributed by atoms with E-state index in [4.69, 9.17) is 0 Å². The molecule has 2 saturated heterocycles. The minimum atomic E-state index is 0.157. The molecular formula is C15H20N2O. The van der Waals surface area contributed by atoms with Crippen LogP contribution in [0.5, 0.6) is 0 Å². The Kier molecular flexibility index (Phi) is 2.86. The van der Waals surface area contributed by atoms with Gasteiger partial charge in [-0.1, -0.05) is 6.07 Å². The number of anilines is 1. The summed E-state index contributed by atoms with van der Waals surface area (Å²) in [5.74, 6) is 0.337. The van der Waals surface area contributed by atoms with Crippen molar-refractivity contribution >= 4 is 11.6 Å². The van der Waals surface area contributed by atoms with Gasteiger partial charge in [-0.05, 0) is 56.4 Å². The number of amides is 1. The summed E-state index contributed by atoms with van der Waals surface area (Å²) in [4.78, 5) is 12.3. The van der Waals surface area contributed by atoms with Gasteiger partial charge in [0.05, 0.1) is 5.92 Å². The molecule has 0 aromatic heterocycles. The molecular weight excluding hydrogens is 224 g/mol. The number of aryl methyl sites for hydroxylation is 2. The van der Waals surface area contributed by atoms with Crippen LogP contribution in [0.3, 0.4) is 0 Å². The van der Waals surface area contributed by atoms with Crippen molar-refractivity contribution in [3.8, 4) is 0 Å². The second-order valence-corrected chi connectivity index (χ2v) is 5.76. The predicted molar refractivity (Wildman–Crippen MR) is 72.6 cm³/mol. The zero-order chi connectivity index (χ0) is 12.7. The highest BCUT2D eigenvalue weighted by Gasteiger charge is 2.42. The summed E-state index contributed by atoms with van der Waals surface area (Å²) in [6.07, 6.45) is 3.38. The van der Waals surface area contributed by atoms with Gasteiger partial charge in [0.1, 0.15) is 0 Å². The molecule has 3 rings (SSSR count). The summed E-state index contributed by atoms with van der Waals surface area (Å²) in [6.45, 7) is 4.11. The van der Waals surface area contributed by atoms with Crippen LogP contribution in [0.15, 0.2) is 18.2 Å². The molecule has 1 aromatic rings. The molecule has 0 aliphatic carbocycles. The van der Waals surface area contributed by atoms with Crippen molar-refractivity contribution in [3.63, 3.8) is 0 Å². The van der Waals surface area contributed by atoms with E-state index in [0.29, 0.717) is 12.1 Å². The van der Waals surface area contributed by atoms with E-state index < -0.39 is 0 Å². The molecule has 3 nitrogen and oxygen atoms in total. The highest BCUT2D eigenvalue weighted by Crippen LogP contribution is 2.33. The maximum Gasteiger partial charge on any atom is 0.229 e. The largest absolute Gasteiger partial charge is 0.326 e. The molecule has 2 aliphatic rings. The van der Waals surface area contributed by atoms with Gasteiger partial charge >= 0.3 is 0 Å². The first-order valence-corrected chi connectivity index (χ1v) is 6.77. The number of hydrogen-bond acceptors (Lipinski definition) is 2. The Morgan fingerprint density at radius 3 is 2.50 bits per heavy atom. The maximum absolute atomic E-state index is 12.3. The van der Waals surface area contributed by atoms with Gasteiger partial charge < -0.3 is 10.6 Å². The molecule has 2 aliphatic heterocycles. The fraction of sp³-hybridized carbons (Fsp3) is 0.533. The Bertz CT molecular complexity index is 463. The number of rotatable bonds is 2. The molecule has 1 amide bonds. The van der Waals surface area contributed by atoms with E-state index in [1.54, 1.807) is 0 Å². The first kappa shape index (κ1) is 11.7. The molecule has 2 heterocycles. The lowest BCUT2D eigenvalue weighted by molar-refractivity contribution is -0.120. The Hall–Kier alpha value is -1.35. The summed E-state index contributed by atoms with van der Waals surface area (Å²) in [5, 5.41) is 6.58. The molecule has 3 atom stereocenters. The molecule has 18 heavy (non-hydrogen) atoms. The van der Waals surface area contributed by atoms with Crippen LogP contribution < -0.4 is 10.6 Å².